The Balaban J connectivity index is 1.71. The lowest BCUT2D eigenvalue weighted by Crippen LogP contribution is -2.27. The molecule has 1 amide bonds. The van der Waals surface area contributed by atoms with Gasteiger partial charge in [-0.25, -0.2) is 0 Å². The number of nitro groups is 1. The number of nitrogens with one attached hydrogen (secondary N) is 2. The Morgan fingerprint density at radius 1 is 1.33 bits per heavy atom. The maximum absolute atomic E-state index is 11.9. The van der Waals surface area contributed by atoms with Gasteiger partial charge in [0.15, 0.2) is 0 Å². The Labute approximate surface area is 143 Å². The number of carbonyl (C=O) groups is 1. The number of anilines is 1. The number of carbonyl (C=O) groups excluding carboxylic acids is 1. The highest BCUT2D eigenvalue weighted by molar-refractivity contribution is 7.08. The van der Waals surface area contributed by atoms with E-state index in [0.717, 1.165) is 11.3 Å². The van der Waals surface area contributed by atoms with Crippen molar-refractivity contribution >= 4 is 28.6 Å². The minimum absolute atomic E-state index is 0.0379. The lowest BCUT2D eigenvalue weighted by Gasteiger charge is -2.10. The molecule has 124 valence electrons. The smallest absolute Gasteiger partial charge is 0.269 e. The van der Waals surface area contributed by atoms with Gasteiger partial charge in [0.2, 0.25) is 5.91 Å². The predicted octanol–water partition coefficient (Wildman–Crippen LogP) is 3.23. The number of nitriles is 1. The fourth-order valence-corrected chi connectivity index (χ4v) is 2.73. The number of hydrogen-bond donors (Lipinski definition) is 2. The van der Waals surface area contributed by atoms with Crippen LogP contribution in [0.4, 0.5) is 11.4 Å². The molecular formula is C16H16N4O3S. The standard InChI is InChI=1S/C16H16N4O3S/c17-10-15(12-7-9-24-11-12)19-16(21)2-1-8-18-13-3-5-14(6-4-13)20(22)23/h3-7,9,11,15,18H,1-2,8H2,(H,19,21). The molecule has 0 aliphatic heterocycles. The number of non-ortho nitro benzene ring substituents is 1. The molecule has 1 aromatic heterocycles. The summed E-state index contributed by atoms with van der Waals surface area (Å²) in [5.74, 6) is -0.182. The first-order valence-corrected chi connectivity index (χ1v) is 8.24. The summed E-state index contributed by atoms with van der Waals surface area (Å²) in [6.07, 6.45) is 0.882. The number of nitrogens with zero attached hydrogens (tertiary/aromatic N) is 2. The minimum Gasteiger partial charge on any atom is -0.385 e. The molecule has 0 radical (unpaired) electrons. The summed E-state index contributed by atoms with van der Waals surface area (Å²) in [4.78, 5) is 22.0. The first-order valence-electron chi connectivity index (χ1n) is 7.29. The summed E-state index contributed by atoms with van der Waals surface area (Å²) in [7, 11) is 0. The molecule has 0 fully saturated rings. The third-order valence-electron chi connectivity index (χ3n) is 3.30. The Kier molecular flexibility index (Phi) is 6.28. The quantitative estimate of drug-likeness (QED) is 0.434. The van der Waals surface area contributed by atoms with E-state index in [1.165, 1.54) is 23.5 Å². The van der Waals surface area contributed by atoms with E-state index >= 15 is 0 Å². The Morgan fingerprint density at radius 3 is 2.67 bits per heavy atom. The lowest BCUT2D eigenvalue weighted by molar-refractivity contribution is -0.384. The molecule has 0 saturated heterocycles. The van der Waals surface area contributed by atoms with Gasteiger partial charge >= 0.3 is 0 Å². The van der Waals surface area contributed by atoms with Gasteiger partial charge < -0.3 is 10.6 Å². The second kappa shape index (κ2) is 8.64. The van der Waals surface area contributed by atoms with Crippen LogP contribution < -0.4 is 10.6 Å². The third kappa shape index (κ3) is 5.07. The molecule has 0 saturated carbocycles. The number of hydrogen-bond acceptors (Lipinski definition) is 6. The Bertz CT molecular complexity index is 723. The van der Waals surface area contributed by atoms with Crippen molar-refractivity contribution in [3.8, 4) is 6.07 Å². The second-order valence-corrected chi connectivity index (χ2v) is 5.80. The number of benzene rings is 1. The van der Waals surface area contributed by atoms with Crippen molar-refractivity contribution in [2.24, 2.45) is 0 Å². The highest BCUT2D eigenvalue weighted by Crippen LogP contribution is 2.16. The van der Waals surface area contributed by atoms with E-state index in [9.17, 15) is 14.9 Å². The average molecular weight is 344 g/mol. The molecule has 1 unspecified atom stereocenters. The van der Waals surface area contributed by atoms with Crippen molar-refractivity contribution in [2.75, 3.05) is 11.9 Å². The largest absolute Gasteiger partial charge is 0.385 e. The monoisotopic (exact) mass is 344 g/mol. The van der Waals surface area contributed by atoms with Crippen molar-refractivity contribution in [1.29, 1.82) is 5.26 Å². The van der Waals surface area contributed by atoms with Crippen molar-refractivity contribution in [1.82, 2.24) is 5.32 Å². The van der Waals surface area contributed by atoms with E-state index < -0.39 is 11.0 Å². The van der Waals surface area contributed by atoms with Gasteiger partial charge in [-0.05, 0) is 40.9 Å². The van der Waals surface area contributed by atoms with E-state index in [-0.39, 0.29) is 11.6 Å². The molecule has 1 aromatic carbocycles. The van der Waals surface area contributed by atoms with Gasteiger partial charge in [0, 0.05) is 30.8 Å². The molecule has 2 rings (SSSR count). The molecule has 8 heteroatoms. The molecule has 2 aromatic rings. The first-order chi connectivity index (χ1) is 11.6. The lowest BCUT2D eigenvalue weighted by atomic mass is 10.1. The van der Waals surface area contributed by atoms with Crippen LogP contribution in [0.15, 0.2) is 41.1 Å². The number of rotatable bonds is 8. The van der Waals surface area contributed by atoms with Crippen LogP contribution in [0.1, 0.15) is 24.4 Å². The number of thiophene rings is 1. The molecule has 1 atom stereocenters. The highest BCUT2D eigenvalue weighted by Gasteiger charge is 2.13. The van der Waals surface area contributed by atoms with Gasteiger partial charge in [0.1, 0.15) is 6.04 Å². The van der Waals surface area contributed by atoms with Gasteiger partial charge in [0.05, 0.1) is 11.0 Å². The van der Waals surface area contributed by atoms with Crippen LogP contribution in [-0.2, 0) is 4.79 Å². The van der Waals surface area contributed by atoms with Crippen molar-refractivity contribution < 1.29 is 9.72 Å². The van der Waals surface area contributed by atoms with Gasteiger partial charge in [0.25, 0.3) is 5.69 Å². The van der Waals surface area contributed by atoms with E-state index in [4.69, 9.17) is 5.26 Å². The van der Waals surface area contributed by atoms with Gasteiger partial charge in [-0.3, -0.25) is 14.9 Å². The molecule has 0 aliphatic carbocycles. The maximum Gasteiger partial charge on any atom is 0.269 e. The van der Waals surface area contributed by atoms with Crippen molar-refractivity contribution in [3.63, 3.8) is 0 Å². The Morgan fingerprint density at radius 2 is 2.08 bits per heavy atom. The number of nitro benzene ring substituents is 1. The molecule has 2 N–H and O–H groups in total. The van der Waals surface area contributed by atoms with Crippen LogP contribution in [0.3, 0.4) is 0 Å². The van der Waals surface area contributed by atoms with Crippen LogP contribution in [0.5, 0.6) is 0 Å². The fourth-order valence-electron chi connectivity index (χ4n) is 2.05. The minimum atomic E-state index is -0.619. The van der Waals surface area contributed by atoms with Crippen LogP contribution in [0, 0.1) is 21.4 Å². The van der Waals surface area contributed by atoms with E-state index in [1.807, 2.05) is 16.8 Å². The van der Waals surface area contributed by atoms with Gasteiger partial charge in [-0.1, -0.05) is 0 Å². The van der Waals surface area contributed by atoms with Gasteiger partial charge in [-0.15, -0.1) is 0 Å². The molecule has 0 spiro atoms. The predicted molar refractivity (Wildman–Crippen MR) is 91.6 cm³/mol. The summed E-state index contributed by atoms with van der Waals surface area (Å²) >= 11 is 1.48. The summed E-state index contributed by atoms with van der Waals surface area (Å²) in [6, 6.07) is 9.36. The molecule has 0 bridgehead atoms. The summed E-state index contributed by atoms with van der Waals surface area (Å²) in [6.45, 7) is 0.556. The molecular weight excluding hydrogens is 328 g/mol. The molecule has 24 heavy (non-hydrogen) atoms. The van der Waals surface area contributed by atoms with Crippen molar-refractivity contribution in [3.05, 3.63) is 56.8 Å². The van der Waals surface area contributed by atoms with E-state index in [2.05, 4.69) is 16.7 Å². The normalized spacial score (nSPS) is 11.3. The zero-order valence-electron chi connectivity index (χ0n) is 12.8. The Hall–Kier alpha value is -2.92. The van der Waals surface area contributed by atoms with Crippen LogP contribution in [0.25, 0.3) is 0 Å². The van der Waals surface area contributed by atoms with Crippen LogP contribution in [-0.4, -0.2) is 17.4 Å². The summed E-state index contributed by atoms with van der Waals surface area (Å²) in [5.41, 5.74) is 1.59. The molecule has 1 heterocycles. The zero-order valence-corrected chi connectivity index (χ0v) is 13.6. The van der Waals surface area contributed by atoms with E-state index in [0.29, 0.717) is 19.4 Å². The van der Waals surface area contributed by atoms with Crippen LogP contribution >= 0.6 is 11.3 Å². The van der Waals surface area contributed by atoms with Gasteiger partial charge in [-0.2, -0.15) is 16.6 Å². The average Bonchev–Trinajstić information content (AvgIpc) is 3.11. The zero-order chi connectivity index (χ0) is 17.4. The molecule has 0 aliphatic rings. The molecule has 7 nitrogen and oxygen atoms in total. The topological polar surface area (TPSA) is 108 Å². The van der Waals surface area contributed by atoms with Crippen LogP contribution in [0.2, 0.25) is 0 Å². The fraction of sp³-hybridized carbons (Fsp3) is 0.250. The summed E-state index contributed by atoms with van der Waals surface area (Å²) in [5, 5.41) is 29.2. The highest BCUT2D eigenvalue weighted by atomic mass is 32.1. The first kappa shape index (κ1) is 17.4. The third-order valence-corrected chi connectivity index (χ3v) is 4.00. The van der Waals surface area contributed by atoms with Crippen molar-refractivity contribution in [2.45, 2.75) is 18.9 Å². The summed E-state index contributed by atoms with van der Waals surface area (Å²) < 4.78 is 0. The van der Waals surface area contributed by atoms with E-state index in [1.54, 1.807) is 12.1 Å². The SMILES string of the molecule is N#CC(NC(=O)CCCNc1ccc([N+](=O)[O-])cc1)c1ccsc1. The second-order valence-electron chi connectivity index (χ2n) is 5.02. The maximum atomic E-state index is 11.9. The number of amides is 1.